The molecule has 1 amide bonds. The maximum Gasteiger partial charge on any atom is 0.261 e. The van der Waals surface area contributed by atoms with Crippen LogP contribution in [0.1, 0.15) is 27.2 Å². The van der Waals surface area contributed by atoms with E-state index in [4.69, 9.17) is 0 Å². The molecule has 1 aromatic carbocycles. The molecule has 1 aliphatic rings. The van der Waals surface area contributed by atoms with Crippen LogP contribution in [0, 0.1) is 0 Å². The highest BCUT2D eigenvalue weighted by molar-refractivity contribution is 7.17. The molecule has 1 aliphatic carbocycles. The SMILES string of the molecule is CNCCCNC(=O)c1cc2c(s1)-c1ccccc1CC2.Cl. The average Bonchev–Trinajstić information content (AvgIpc) is 2.96. The van der Waals surface area contributed by atoms with E-state index in [0.717, 1.165) is 37.2 Å². The van der Waals surface area contributed by atoms with Gasteiger partial charge in [0.2, 0.25) is 0 Å². The molecule has 5 heteroatoms. The lowest BCUT2D eigenvalue weighted by Gasteiger charge is -2.15. The number of carbonyl (C=O) groups excluding carboxylic acids is 1. The molecular weight excluding hydrogens is 316 g/mol. The van der Waals surface area contributed by atoms with Crippen LogP contribution in [0.25, 0.3) is 10.4 Å². The first-order chi connectivity index (χ1) is 10.3. The first-order valence-corrected chi connectivity index (χ1v) is 8.25. The maximum absolute atomic E-state index is 12.2. The number of carbonyl (C=O) groups is 1. The summed E-state index contributed by atoms with van der Waals surface area (Å²) in [6.45, 7) is 1.65. The van der Waals surface area contributed by atoms with Crippen LogP contribution in [0.4, 0.5) is 0 Å². The Bertz CT molecular complexity index is 654. The van der Waals surface area contributed by atoms with Gasteiger partial charge >= 0.3 is 0 Å². The summed E-state index contributed by atoms with van der Waals surface area (Å²) in [6.07, 6.45) is 3.06. The lowest BCUT2D eigenvalue weighted by atomic mass is 9.91. The Morgan fingerprint density at radius 2 is 1.95 bits per heavy atom. The van der Waals surface area contributed by atoms with E-state index < -0.39 is 0 Å². The van der Waals surface area contributed by atoms with E-state index in [1.807, 2.05) is 7.05 Å². The standard InChI is InChI=1S/C17H20N2OS.ClH/c1-18-9-4-10-19-17(20)15-11-13-8-7-12-5-2-3-6-14(12)16(13)21-15;/h2-3,5-6,11,18H,4,7-10H2,1H3,(H,19,20);1H. The third-order valence-corrected chi connectivity index (χ3v) is 5.06. The van der Waals surface area contributed by atoms with Crippen molar-refractivity contribution in [2.24, 2.45) is 0 Å². The van der Waals surface area contributed by atoms with Crippen molar-refractivity contribution < 1.29 is 4.79 Å². The van der Waals surface area contributed by atoms with Crippen molar-refractivity contribution in [3.63, 3.8) is 0 Å². The second-order valence-electron chi connectivity index (χ2n) is 5.34. The van der Waals surface area contributed by atoms with Crippen molar-refractivity contribution in [2.45, 2.75) is 19.3 Å². The molecule has 0 atom stereocenters. The Morgan fingerprint density at radius 3 is 2.77 bits per heavy atom. The number of thiophene rings is 1. The van der Waals surface area contributed by atoms with Gasteiger partial charge in [0.1, 0.15) is 0 Å². The molecule has 0 bridgehead atoms. The van der Waals surface area contributed by atoms with Gasteiger partial charge in [-0.05, 0) is 55.6 Å². The largest absolute Gasteiger partial charge is 0.351 e. The third-order valence-electron chi connectivity index (χ3n) is 3.85. The Labute approximate surface area is 141 Å². The van der Waals surface area contributed by atoms with Crippen LogP contribution < -0.4 is 10.6 Å². The smallest absolute Gasteiger partial charge is 0.261 e. The van der Waals surface area contributed by atoms with Crippen molar-refractivity contribution in [1.82, 2.24) is 10.6 Å². The minimum Gasteiger partial charge on any atom is -0.351 e. The highest BCUT2D eigenvalue weighted by Crippen LogP contribution is 2.39. The molecule has 1 heterocycles. The maximum atomic E-state index is 12.2. The number of halogens is 1. The highest BCUT2D eigenvalue weighted by atomic mass is 35.5. The van der Waals surface area contributed by atoms with E-state index in [2.05, 4.69) is 41.0 Å². The van der Waals surface area contributed by atoms with Gasteiger partial charge in [0.05, 0.1) is 4.88 Å². The molecule has 3 nitrogen and oxygen atoms in total. The fourth-order valence-electron chi connectivity index (χ4n) is 2.74. The van der Waals surface area contributed by atoms with Gasteiger partial charge in [-0.25, -0.2) is 0 Å². The average molecular weight is 337 g/mol. The molecule has 3 rings (SSSR count). The summed E-state index contributed by atoms with van der Waals surface area (Å²) in [5.74, 6) is 0.0583. The quantitative estimate of drug-likeness (QED) is 0.823. The highest BCUT2D eigenvalue weighted by Gasteiger charge is 2.20. The molecule has 118 valence electrons. The molecule has 0 saturated carbocycles. The van der Waals surface area contributed by atoms with Gasteiger partial charge in [0.15, 0.2) is 0 Å². The molecule has 0 fully saturated rings. The number of rotatable bonds is 5. The van der Waals surface area contributed by atoms with Crippen molar-refractivity contribution in [1.29, 1.82) is 0 Å². The van der Waals surface area contributed by atoms with Crippen LogP contribution in [-0.4, -0.2) is 26.0 Å². The zero-order valence-electron chi connectivity index (χ0n) is 12.6. The summed E-state index contributed by atoms with van der Waals surface area (Å²) in [4.78, 5) is 14.3. The van der Waals surface area contributed by atoms with E-state index in [1.54, 1.807) is 11.3 Å². The lowest BCUT2D eigenvalue weighted by molar-refractivity contribution is 0.0957. The van der Waals surface area contributed by atoms with E-state index in [1.165, 1.54) is 21.6 Å². The van der Waals surface area contributed by atoms with Crippen molar-refractivity contribution >= 4 is 29.7 Å². The molecule has 2 N–H and O–H groups in total. The molecule has 0 aliphatic heterocycles. The minimum atomic E-state index is 0. The summed E-state index contributed by atoms with van der Waals surface area (Å²) in [7, 11) is 1.92. The number of amides is 1. The van der Waals surface area contributed by atoms with Gasteiger partial charge in [-0.3, -0.25) is 4.79 Å². The second kappa shape index (κ2) is 7.77. The molecule has 0 spiro atoms. The number of aryl methyl sites for hydroxylation is 2. The van der Waals surface area contributed by atoms with Crippen LogP contribution in [0.2, 0.25) is 0 Å². The summed E-state index contributed by atoms with van der Waals surface area (Å²) < 4.78 is 0. The van der Waals surface area contributed by atoms with Crippen LogP contribution in [0.5, 0.6) is 0 Å². The summed E-state index contributed by atoms with van der Waals surface area (Å²) >= 11 is 1.62. The number of nitrogens with one attached hydrogen (secondary N) is 2. The molecule has 0 unspecified atom stereocenters. The molecule has 0 radical (unpaired) electrons. The van der Waals surface area contributed by atoms with Gasteiger partial charge < -0.3 is 10.6 Å². The predicted octanol–water partition coefficient (Wildman–Crippen LogP) is 3.27. The molecule has 1 aromatic heterocycles. The molecular formula is C17H21ClN2OS. The van der Waals surface area contributed by atoms with E-state index >= 15 is 0 Å². The van der Waals surface area contributed by atoms with Crippen LogP contribution in [0.15, 0.2) is 30.3 Å². The summed E-state index contributed by atoms with van der Waals surface area (Å²) in [5.41, 5.74) is 4.02. The normalized spacial score (nSPS) is 12.0. The first kappa shape index (κ1) is 17.0. The zero-order chi connectivity index (χ0) is 14.7. The zero-order valence-corrected chi connectivity index (χ0v) is 14.3. The van der Waals surface area contributed by atoms with Crippen LogP contribution in [0.3, 0.4) is 0 Å². The molecule has 22 heavy (non-hydrogen) atoms. The minimum absolute atomic E-state index is 0. The monoisotopic (exact) mass is 336 g/mol. The number of fused-ring (bicyclic) bond motifs is 3. The number of benzene rings is 1. The third kappa shape index (κ3) is 3.51. The second-order valence-corrected chi connectivity index (χ2v) is 6.39. The van der Waals surface area contributed by atoms with E-state index in [0.29, 0.717) is 0 Å². The fraction of sp³-hybridized carbons (Fsp3) is 0.353. The van der Waals surface area contributed by atoms with Gasteiger partial charge in [-0.1, -0.05) is 24.3 Å². The molecule has 0 saturated heterocycles. The fourth-order valence-corrected chi connectivity index (χ4v) is 3.92. The Hall–Kier alpha value is -1.36. The van der Waals surface area contributed by atoms with E-state index in [-0.39, 0.29) is 18.3 Å². The summed E-state index contributed by atoms with van der Waals surface area (Å²) in [5, 5.41) is 6.08. The Kier molecular flexibility index (Phi) is 6.00. The van der Waals surface area contributed by atoms with Crippen molar-refractivity contribution in [3.8, 4) is 10.4 Å². The topological polar surface area (TPSA) is 41.1 Å². The first-order valence-electron chi connectivity index (χ1n) is 7.43. The van der Waals surface area contributed by atoms with Crippen LogP contribution >= 0.6 is 23.7 Å². The van der Waals surface area contributed by atoms with Gasteiger partial charge in [-0.15, -0.1) is 23.7 Å². The Morgan fingerprint density at radius 1 is 1.18 bits per heavy atom. The predicted molar refractivity (Wildman–Crippen MR) is 95.3 cm³/mol. The Balaban J connectivity index is 0.00000176. The van der Waals surface area contributed by atoms with Gasteiger partial charge in [0, 0.05) is 11.4 Å². The molecule has 2 aromatic rings. The van der Waals surface area contributed by atoms with Gasteiger partial charge in [-0.2, -0.15) is 0 Å². The van der Waals surface area contributed by atoms with Crippen molar-refractivity contribution in [3.05, 3.63) is 46.3 Å². The van der Waals surface area contributed by atoms with Crippen molar-refractivity contribution in [2.75, 3.05) is 20.1 Å². The van der Waals surface area contributed by atoms with Gasteiger partial charge in [0.25, 0.3) is 5.91 Å². The number of hydrogen-bond acceptors (Lipinski definition) is 3. The lowest BCUT2D eigenvalue weighted by Crippen LogP contribution is -2.25. The number of hydrogen-bond donors (Lipinski definition) is 2. The van der Waals surface area contributed by atoms with Crippen LogP contribution in [-0.2, 0) is 12.8 Å². The summed E-state index contributed by atoms with van der Waals surface area (Å²) in [6, 6.07) is 10.6. The van der Waals surface area contributed by atoms with E-state index in [9.17, 15) is 4.79 Å².